The molecule has 0 N–H and O–H groups in total. The van der Waals surface area contributed by atoms with Crippen molar-refractivity contribution in [1.82, 2.24) is 0 Å². The average molecular weight is 1020 g/mol. The second-order valence-electron chi connectivity index (χ2n) is 13.9. The number of hydrogen-bond acceptors (Lipinski definition) is 3. The molecule has 0 heterocycles. The van der Waals surface area contributed by atoms with E-state index < -0.39 is 0 Å². The number of nitrogens with zero attached hydrogens (tertiary/aromatic N) is 3. The second-order valence-corrected chi connectivity index (χ2v) is 17.6. The molecule has 0 fully saturated rings. The fourth-order valence-electron chi connectivity index (χ4n) is 6.53. The molecular formula is C51H41Br4N3. The van der Waals surface area contributed by atoms with Crippen molar-refractivity contribution in [3.8, 4) is 0 Å². The average Bonchev–Trinajstić information content (AvgIpc) is 3.24. The number of benzene rings is 8. The lowest BCUT2D eigenvalue weighted by atomic mass is 10.1. The van der Waals surface area contributed by atoms with E-state index in [1.807, 2.05) is 0 Å². The SMILES string of the molecule is Cc1ccc(N(c2ccc(Br)cc2)c2ccc(Br)cc2)cc1.Cc1ccc(N(c2ccc(Br)cc2)c2ccc(N(c3ccc(C)cc3)c3ccc(Br)cc3)cc2)cc1. The van der Waals surface area contributed by atoms with Gasteiger partial charge in [-0.2, -0.15) is 0 Å². The molecule has 0 atom stereocenters. The van der Waals surface area contributed by atoms with Gasteiger partial charge >= 0.3 is 0 Å². The van der Waals surface area contributed by atoms with Crippen molar-refractivity contribution in [2.24, 2.45) is 0 Å². The molecule has 8 aromatic rings. The molecule has 0 radical (unpaired) electrons. The van der Waals surface area contributed by atoms with E-state index in [1.165, 1.54) is 16.7 Å². The van der Waals surface area contributed by atoms with Gasteiger partial charge in [0.15, 0.2) is 0 Å². The summed E-state index contributed by atoms with van der Waals surface area (Å²) in [5.41, 5.74) is 13.8. The highest BCUT2D eigenvalue weighted by atomic mass is 79.9. The lowest BCUT2D eigenvalue weighted by Gasteiger charge is -2.28. The minimum Gasteiger partial charge on any atom is -0.311 e. The van der Waals surface area contributed by atoms with E-state index in [1.54, 1.807) is 0 Å². The van der Waals surface area contributed by atoms with Crippen molar-refractivity contribution in [1.29, 1.82) is 0 Å². The largest absolute Gasteiger partial charge is 0.311 e. The lowest BCUT2D eigenvalue weighted by Crippen LogP contribution is -2.12. The summed E-state index contributed by atoms with van der Waals surface area (Å²) in [6.07, 6.45) is 0. The van der Waals surface area contributed by atoms with Crippen LogP contribution in [-0.4, -0.2) is 0 Å². The van der Waals surface area contributed by atoms with Crippen molar-refractivity contribution in [3.05, 3.63) is 229 Å². The molecule has 8 rings (SSSR count). The van der Waals surface area contributed by atoms with Gasteiger partial charge in [-0.1, -0.05) is 117 Å². The number of rotatable bonds is 9. The fraction of sp³-hybridized carbons (Fsp3) is 0.0588. The molecule has 58 heavy (non-hydrogen) atoms. The van der Waals surface area contributed by atoms with Crippen LogP contribution in [0.3, 0.4) is 0 Å². The smallest absolute Gasteiger partial charge is 0.0463 e. The predicted octanol–water partition coefficient (Wildman–Crippen LogP) is 17.8. The van der Waals surface area contributed by atoms with E-state index in [4.69, 9.17) is 0 Å². The van der Waals surface area contributed by atoms with Gasteiger partial charge in [0, 0.05) is 69.1 Å². The third-order valence-electron chi connectivity index (χ3n) is 9.58. The highest BCUT2D eigenvalue weighted by Gasteiger charge is 2.16. The van der Waals surface area contributed by atoms with Gasteiger partial charge in [-0.15, -0.1) is 0 Å². The minimum absolute atomic E-state index is 1.06. The van der Waals surface area contributed by atoms with Crippen LogP contribution in [0.2, 0.25) is 0 Å². The Kier molecular flexibility index (Phi) is 13.7. The van der Waals surface area contributed by atoms with E-state index >= 15 is 0 Å². The van der Waals surface area contributed by atoms with Gasteiger partial charge in [0.1, 0.15) is 0 Å². The van der Waals surface area contributed by atoms with Gasteiger partial charge in [-0.05, 0) is 178 Å². The molecular weight excluding hydrogens is 974 g/mol. The monoisotopic (exact) mass is 1010 g/mol. The standard InChI is InChI=1S/C32H26Br2N2.C19H15Br2N/c1-23-3-11-27(12-4-23)35(29-15-7-25(33)8-16-29)31-19-21-32(22-20-31)36(28-13-5-24(2)6-14-28)30-17-9-26(34)10-18-30;1-14-2-8-17(9-3-14)22(18-10-4-15(20)5-11-18)19-12-6-16(21)7-13-19/h3-22H,1-2H3;2-13H,1H3. The molecule has 7 heteroatoms. The summed E-state index contributed by atoms with van der Waals surface area (Å²) in [5, 5.41) is 0. The van der Waals surface area contributed by atoms with Crippen LogP contribution in [0.5, 0.6) is 0 Å². The quantitative estimate of drug-likeness (QED) is 0.143. The van der Waals surface area contributed by atoms with E-state index in [-0.39, 0.29) is 0 Å². The molecule has 3 nitrogen and oxygen atoms in total. The van der Waals surface area contributed by atoms with Gasteiger partial charge < -0.3 is 14.7 Å². The zero-order chi connectivity index (χ0) is 40.6. The van der Waals surface area contributed by atoms with Gasteiger partial charge in [0.25, 0.3) is 0 Å². The third kappa shape index (κ3) is 10.4. The molecule has 0 amide bonds. The number of aryl methyl sites for hydroxylation is 3. The Bertz CT molecular complexity index is 2210. The third-order valence-corrected chi connectivity index (χ3v) is 11.7. The molecule has 0 saturated heterocycles. The molecule has 0 unspecified atom stereocenters. The summed E-state index contributed by atoms with van der Waals surface area (Å²) in [4.78, 5) is 6.81. The second kappa shape index (κ2) is 19.2. The van der Waals surface area contributed by atoms with E-state index in [0.717, 1.165) is 69.1 Å². The van der Waals surface area contributed by atoms with Crippen LogP contribution < -0.4 is 14.7 Å². The Morgan fingerprint density at radius 2 is 0.328 bits per heavy atom. The Morgan fingerprint density at radius 3 is 0.483 bits per heavy atom. The van der Waals surface area contributed by atoms with Crippen molar-refractivity contribution >= 4 is 115 Å². The first-order chi connectivity index (χ1) is 28.1. The molecule has 0 spiro atoms. The predicted molar refractivity (Wildman–Crippen MR) is 262 cm³/mol. The normalized spacial score (nSPS) is 10.7. The van der Waals surface area contributed by atoms with Crippen molar-refractivity contribution < 1.29 is 0 Å². The summed E-state index contributed by atoms with van der Waals surface area (Å²) >= 11 is 14.1. The molecule has 0 aliphatic heterocycles. The van der Waals surface area contributed by atoms with E-state index in [9.17, 15) is 0 Å². The van der Waals surface area contributed by atoms with Crippen molar-refractivity contribution in [2.45, 2.75) is 20.8 Å². The summed E-state index contributed by atoms with van der Waals surface area (Å²) < 4.78 is 4.29. The van der Waals surface area contributed by atoms with Crippen molar-refractivity contribution in [2.75, 3.05) is 14.7 Å². The van der Waals surface area contributed by atoms with Crippen LogP contribution in [-0.2, 0) is 0 Å². The van der Waals surface area contributed by atoms with Crippen LogP contribution in [0.1, 0.15) is 16.7 Å². The van der Waals surface area contributed by atoms with Crippen LogP contribution >= 0.6 is 63.7 Å². The summed E-state index contributed by atoms with van der Waals surface area (Å²) in [5.74, 6) is 0. The molecule has 0 aliphatic carbocycles. The molecule has 288 valence electrons. The van der Waals surface area contributed by atoms with Gasteiger partial charge in [0.05, 0.1) is 0 Å². The molecule has 0 aromatic heterocycles. The Labute approximate surface area is 376 Å². The highest BCUT2D eigenvalue weighted by Crippen LogP contribution is 2.40. The Balaban J connectivity index is 0.000000199. The molecule has 0 aliphatic rings. The summed E-state index contributed by atoms with van der Waals surface area (Å²) in [6.45, 7) is 6.34. The Hall–Kier alpha value is -4.92. The fourth-order valence-corrected chi connectivity index (χ4v) is 7.59. The van der Waals surface area contributed by atoms with Crippen LogP contribution in [0, 0.1) is 20.8 Å². The van der Waals surface area contributed by atoms with E-state index in [0.29, 0.717) is 0 Å². The maximum absolute atomic E-state index is 3.57. The minimum atomic E-state index is 1.06. The number of hydrogen-bond donors (Lipinski definition) is 0. The zero-order valence-corrected chi connectivity index (χ0v) is 38.7. The molecule has 0 saturated carbocycles. The molecule has 8 aromatic carbocycles. The summed E-state index contributed by atoms with van der Waals surface area (Å²) in [6, 6.07) is 68.3. The van der Waals surface area contributed by atoms with Crippen LogP contribution in [0.25, 0.3) is 0 Å². The molecule has 0 bridgehead atoms. The highest BCUT2D eigenvalue weighted by molar-refractivity contribution is 9.11. The summed E-state index contributed by atoms with van der Waals surface area (Å²) in [7, 11) is 0. The van der Waals surface area contributed by atoms with Gasteiger partial charge in [-0.3, -0.25) is 0 Å². The zero-order valence-electron chi connectivity index (χ0n) is 32.3. The maximum Gasteiger partial charge on any atom is 0.0463 e. The first-order valence-corrected chi connectivity index (χ1v) is 22.0. The van der Waals surface area contributed by atoms with Gasteiger partial charge in [-0.25, -0.2) is 0 Å². The first kappa shape index (κ1) is 41.2. The first-order valence-electron chi connectivity index (χ1n) is 18.8. The van der Waals surface area contributed by atoms with Crippen molar-refractivity contribution in [3.63, 3.8) is 0 Å². The van der Waals surface area contributed by atoms with E-state index in [2.05, 4.69) is 293 Å². The topological polar surface area (TPSA) is 9.72 Å². The van der Waals surface area contributed by atoms with Crippen LogP contribution in [0.4, 0.5) is 51.2 Å². The lowest BCUT2D eigenvalue weighted by molar-refractivity contribution is 1.25. The number of halogens is 4. The van der Waals surface area contributed by atoms with Gasteiger partial charge in [0.2, 0.25) is 0 Å². The number of anilines is 9. The Morgan fingerprint density at radius 1 is 0.207 bits per heavy atom. The van der Waals surface area contributed by atoms with Crippen LogP contribution in [0.15, 0.2) is 212 Å². The maximum atomic E-state index is 3.57.